The van der Waals surface area contributed by atoms with Gasteiger partial charge in [-0.2, -0.15) is 0 Å². The normalized spacial score (nSPS) is 19.1. The molecule has 2 aliphatic carbocycles. The Labute approximate surface area is 576 Å². The summed E-state index contributed by atoms with van der Waals surface area (Å²) >= 11 is 10.0. The highest BCUT2D eigenvalue weighted by Crippen LogP contribution is 2.39. The topological polar surface area (TPSA) is 202 Å². The fourth-order valence-corrected chi connectivity index (χ4v) is 11.4. The molecule has 0 aromatic heterocycles. The van der Waals surface area contributed by atoms with E-state index in [1.165, 1.54) is 5.56 Å². The molecule has 0 bridgehead atoms. The molecule has 6 aromatic carbocycles. The number of aliphatic hydroxyl groups excluding tert-OH is 2. The Morgan fingerprint density at radius 3 is 1.38 bits per heavy atom. The molecule has 6 aromatic rings. The molecule has 3 saturated heterocycles. The van der Waals surface area contributed by atoms with Crippen LogP contribution in [0.1, 0.15) is 168 Å². The Morgan fingerprint density at radius 1 is 0.581 bits per heavy atom. The number of halogens is 3. The van der Waals surface area contributed by atoms with Crippen LogP contribution < -0.4 is 11.2 Å². The third-order valence-corrected chi connectivity index (χ3v) is 18.4. The molecular formula is C73H93BBr3N5O11. The minimum atomic E-state index is -0.361. The molecular weight excluding hydrogens is 1370 g/mol. The number of carbonyl (C=O) groups excluding carboxylic acids is 5. The standard InChI is InChI=1S/C22H22N2O3.C17H22BNO3.C11H12BrNO2.C11H15BrO.C7H5BrO.C3H9NO.2CH4/c1-14-11-23(22(26)27-14)12-15-2-4-16(5-3-15)17-6-9-20-18(10-17)13-24(21(20)25)19-7-8-19;1-16(2)17(3,4)22-18(21-16)12-5-8-14-11(9-12)10-19(15(14)20)13-6-7-13;1-8-6-13(11(14)15-8)7-9-2-4-10(12)5-3-9;1-9(13)3-2-4-10-5-7-11(12)8-6-10;8-7-3-1-6(5-9)2-4-7;1-3(5)2-4;;/h2-6,9-10,14,19H,7-8,11-13H2,1H3;5,8-9,13H,6-7,10H2,1-4H3;2-5,8H,6-7H2,1H3;5-9,13H,2-4H2,1H3;1-5H;3,5H,2,4H2,1H3;2*1H4/t14-;;8-;9-;;3-;;/m1.11.1../s1. The Bertz CT molecular complexity index is 3420. The Morgan fingerprint density at radius 2 is 0.978 bits per heavy atom. The molecule has 0 unspecified atom stereocenters. The SMILES string of the molecule is C.C.CC1(C)OB(c2ccc3c(c2)CN(C2CC2)C3=O)OC1(C)C.C[C@@H](O)CCCc1ccc(Br)cc1.C[C@@H](O)CN.C[C@@H]1CN(Cc2ccc(-c3ccc4c(c3)CN(C3CC3)C4=O)cc2)C(=O)O1.C[C@@H]1CN(Cc2ccc(Br)cc2)C(=O)O1.O=Cc1ccc(Br)cc1. The number of aldehydes is 1. The van der Waals surface area contributed by atoms with Crippen molar-refractivity contribution in [1.29, 1.82) is 0 Å². The smallest absolute Gasteiger partial charge is 0.444 e. The Kier molecular flexibility index (Phi) is 28.1. The molecule has 500 valence electrons. The zero-order valence-corrected chi connectivity index (χ0v) is 58.0. The van der Waals surface area contributed by atoms with Crippen LogP contribution in [0.3, 0.4) is 0 Å². The maximum atomic E-state index is 12.5. The van der Waals surface area contributed by atoms with Gasteiger partial charge in [-0.15, -0.1) is 0 Å². The van der Waals surface area contributed by atoms with Gasteiger partial charge < -0.3 is 54.3 Å². The van der Waals surface area contributed by atoms with Gasteiger partial charge in [0.15, 0.2) is 0 Å². The number of amides is 4. The number of nitrogens with two attached hydrogens (primary N) is 1. The summed E-state index contributed by atoms with van der Waals surface area (Å²) in [6.45, 7) is 19.8. The zero-order valence-electron chi connectivity index (χ0n) is 53.3. The molecule has 20 heteroatoms. The third kappa shape index (κ3) is 21.6. The number of carbonyl (C=O) groups is 5. The van der Waals surface area contributed by atoms with Gasteiger partial charge >= 0.3 is 19.3 Å². The minimum Gasteiger partial charge on any atom is -0.444 e. The molecule has 4 atom stereocenters. The van der Waals surface area contributed by atoms with Gasteiger partial charge in [-0.3, -0.25) is 14.4 Å². The van der Waals surface area contributed by atoms with Gasteiger partial charge in [-0.05, 0) is 199 Å². The van der Waals surface area contributed by atoms with Crippen LogP contribution in [0.5, 0.6) is 0 Å². The number of aliphatic hydroxyl groups is 2. The average Bonchev–Trinajstić information content (AvgIpc) is 1.63. The highest BCUT2D eigenvalue weighted by Gasteiger charge is 2.52. The van der Waals surface area contributed by atoms with E-state index in [0.29, 0.717) is 50.4 Å². The van der Waals surface area contributed by atoms with Crippen molar-refractivity contribution in [3.8, 4) is 11.1 Å². The number of cyclic esters (lactones) is 2. The first kappa shape index (κ1) is 75.8. The molecule has 5 aliphatic heterocycles. The van der Waals surface area contributed by atoms with Crippen LogP contribution in [-0.2, 0) is 51.4 Å². The molecule has 13 rings (SSSR count). The summed E-state index contributed by atoms with van der Waals surface area (Å²) < 4.78 is 25.6. The van der Waals surface area contributed by atoms with Crippen molar-refractivity contribution < 1.29 is 53.0 Å². The maximum Gasteiger partial charge on any atom is 0.494 e. The summed E-state index contributed by atoms with van der Waals surface area (Å²) in [7, 11) is -0.361. The molecule has 4 amide bonds. The van der Waals surface area contributed by atoms with E-state index in [4.69, 9.17) is 34.7 Å². The largest absolute Gasteiger partial charge is 0.494 e. The van der Waals surface area contributed by atoms with E-state index in [-0.39, 0.29) is 81.6 Å². The highest BCUT2D eigenvalue weighted by atomic mass is 79.9. The summed E-state index contributed by atoms with van der Waals surface area (Å²) in [6, 6.07) is 44.8. The summed E-state index contributed by atoms with van der Waals surface area (Å²) in [5.74, 6) is 0.360. The number of benzene rings is 6. The van der Waals surface area contributed by atoms with E-state index in [1.807, 2.05) is 91.2 Å². The van der Waals surface area contributed by atoms with Crippen LogP contribution in [-0.4, -0.2) is 135 Å². The molecule has 5 heterocycles. The number of ether oxygens (including phenoxy) is 2. The molecule has 2 saturated carbocycles. The lowest BCUT2D eigenvalue weighted by Gasteiger charge is -2.32. The van der Waals surface area contributed by atoms with Gasteiger partial charge in [0.05, 0.1) is 36.5 Å². The third-order valence-electron chi connectivity index (χ3n) is 16.8. The monoisotopic (exact) mass is 1460 g/mol. The van der Waals surface area contributed by atoms with Crippen molar-refractivity contribution in [2.75, 3.05) is 19.6 Å². The lowest BCUT2D eigenvalue weighted by Crippen LogP contribution is -2.41. The van der Waals surface area contributed by atoms with Crippen LogP contribution in [0.2, 0.25) is 0 Å². The summed E-state index contributed by atoms with van der Waals surface area (Å²) in [6.07, 6.45) is 7.38. The molecule has 0 spiro atoms. The number of hydrogen-bond donors (Lipinski definition) is 3. The molecule has 93 heavy (non-hydrogen) atoms. The van der Waals surface area contributed by atoms with Crippen molar-refractivity contribution in [2.45, 2.75) is 189 Å². The number of fused-ring (bicyclic) bond motifs is 2. The van der Waals surface area contributed by atoms with Crippen LogP contribution in [0.15, 0.2) is 147 Å². The van der Waals surface area contributed by atoms with Crippen molar-refractivity contribution in [1.82, 2.24) is 19.6 Å². The first-order valence-corrected chi connectivity index (χ1v) is 33.7. The quantitative estimate of drug-likeness (QED) is 0.0689. The van der Waals surface area contributed by atoms with Crippen LogP contribution in [0, 0.1) is 0 Å². The lowest BCUT2D eigenvalue weighted by atomic mass is 9.78. The minimum absolute atomic E-state index is 0. The van der Waals surface area contributed by atoms with Gasteiger partial charge in [0.1, 0.15) is 18.5 Å². The first-order chi connectivity index (χ1) is 43.3. The van der Waals surface area contributed by atoms with Crippen LogP contribution in [0.25, 0.3) is 11.1 Å². The van der Waals surface area contributed by atoms with Gasteiger partial charge in [0, 0.05) is 74.9 Å². The zero-order chi connectivity index (χ0) is 65.7. The summed E-state index contributed by atoms with van der Waals surface area (Å²) in [4.78, 5) is 65.5. The number of hydrogen-bond acceptors (Lipinski definition) is 12. The van der Waals surface area contributed by atoms with Crippen molar-refractivity contribution in [3.63, 3.8) is 0 Å². The predicted octanol–water partition coefficient (Wildman–Crippen LogP) is 14.7. The Hall–Kier alpha value is -6.23. The second-order valence-corrected chi connectivity index (χ2v) is 28.0. The van der Waals surface area contributed by atoms with E-state index >= 15 is 0 Å². The first-order valence-electron chi connectivity index (χ1n) is 31.3. The highest BCUT2D eigenvalue weighted by molar-refractivity contribution is 9.11. The van der Waals surface area contributed by atoms with Crippen LogP contribution in [0.4, 0.5) is 9.59 Å². The summed E-state index contributed by atoms with van der Waals surface area (Å²) in [5, 5.41) is 17.3. The van der Waals surface area contributed by atoms with E-state index < -0.39 is 0 Å². The average molecular weight is 1470 g/mol. The number of rotatable bonds is 14. The lowest BCUT2D eigenvalue weighted by molar-refractivity contribution is 0.00578. The molecule has 7 aliphatic rings. The van der Waals surface area contributed by atoms with Gasteiger partial charge in [-0.25, -0.2) is 9.59 Å². The molecule has 16 nitrogen and oxygen atoms in total. The van der Waals surface area contributed by atoms with Crippen molar-refractivity contribution in [2.24, 2.45) is 5.73 Å². The van der Waals surface area contributed by atoms with Crippen molar-refractivity contribution in [3.05, 3.63) is 191 Å². The Balaban J connectivity index is 0.000000188. The molecule has 5 fully saturated rings. The molecule has 0 radical (unpaired) electrons. The van der Waals surface area contributed by atoms with Gasteiger partial charge in [-0.1, -0.05) is 142 Å². The molecule has 4 N–H and O–H groups in total. The van der Waals surface area contributed by atoms with E-state index in [9.17, 15) is 24.0 Å². The predicted molar refractivity (Wildman–Crippen MR) is 379 cm³/mol. The second-order valence-electron chi connectivity index (χ2n) is 25.3. The van der Waals surface area contributed by atoms with E-state index in [2.05, 4.69) is 136 Å². The van der Waals surface area contributed by atoms with E-state index in [0.717, 1.165) is 128 Å². The fourth-order valence-electron chi connectivity index (χ4n) is 10.6. The maximum absolute atomic E-state index is 12.5. The van der Waals surface area contributed by atoms with Gasteiger partial charge in [0.2, 0.25) is 0 Å². The number of nitrogens with zero attached hydrogens (tertiary/aromatic N) is 4. The van der Waals surface area contributed by atoms with E-state index in [1.54, 1.807) is 28.9 Å². The second kappa shape index (κ2) is 34.4. The summed E-state index contributed by atoms with van der Waals surface area (Å²) in [5.41, 5.74) is 15.7. The fraction of sp³-hybridized carbons (Fsp3) is 0.438. The van der Waals surface area contributed by atoms with Gasteiger partial charge in [0.25, 0.3) is 11.8 Å². The number of aryl methyl sites for hydroxylation is 1. The van der Waals surface area contributed by atoms with Crippen LogP contribution >= 0.6 is 47.8 Å². The van der Waals surface area contributed by atoms with Crippen molar-refractivity contribution >= 4 is 90.7 Å².